The molecule has 108 valence electrons. The van der Waals surface area contributed by atoms with E-state index in [1.807, 2.05) is 13.8 Å². The molecule has 1 aliphatic heterocycles. The molecule has 0 bridgehead atoms. The number of aliphatic hydroxyl groups is 1. The molecule has 1 heterocycles. The minimum atomic E-state index is -0.240. The van der Waals surface area contributed by atoms with Gasteiger partial charge in [-0.25, -0.2) is 0 Å². The van der Waals surface area contributed by atoms with Crippen LogP contribution in [0.1, 0.15) is 59.3 Å². The third-order valence-corrected chi connectivity index (χ3v) is 3.82. The number of β-amino-alcohol motifs (C(OH)–C–C–N with tert-alkyl or cyclic N) is 1. The lowest BCUT2D eigenvalue weighted by molar-refractivity contribution is 0.0279. The van der Waals surface area contributed by atoms with Crippen LogP contribution >= 0.6 is 0 Å². The lowest BCUT2D eigenvalue weighted by atomic mass is 10.1. The summed E-state index contributed by atoms with van der Waals surface area (Å²) >= 11 is 0. The molecule has 0 unspecified atom stereocenters. The summed E-state index contributed by atoms with van der Waals surface area (Å²) in [6.45, 7) is 8.98. The summed E-state index contributed by atoms with van der Waals surface area (Å²) in [6, 6.07) is 0.674. The van der Waals surface area contributed by atoms with Crippen LogP contribution in [0.4, 0.5) is 0 Å². The Hall–Kier alpha value is -0.120. The van der Waals surface area contributed by atoms with Crippen molar-refractivity contribution >= 4 is 0 Å². The quantitative estimate of drug-likeness (QED) is 0.761. The summed E-state index contributed by atoms with van der Waals surface area (Å²) in [5.74, 6) is 0. The van der Waals surface area contributed by atoms with Crippen LogP contribution in [-0.2, 0) is 4.74 Å². The summed E-state index contributed by atoms with van der Waals surface area (Å²) in [7, 11) is 0. The molecule has 0 radical (unpaired) electrons. The van der Waals surface area contributed by atoms with Crippen LogP contribution in [0.5, 0.6) is 0 Å². The zero-order chi connectivity index (χ0) is 13.4. The molecule has 1 rings (SSSR count). The van der Waals surface area contributed by atoms with Crippen LogP contribution in [0, 0.1) is 0 Å². The number of hydrogen-bond donors (Lipinski definition) is 1. The molecular weight excluding hydrogens is 226 g/mol. The Labute approximate surface area is 113 Å². The van der Waals surface area contributed by atoms with Gasteiger partial charge in [0, 0.05) is 19.2 Å². The van der Waals surface area contributed by atoms with Gasteiger partial charge in [0.2, 0.25) is 0 Å². The highest BCUT2D eigenvalue weighted by atomic mass is 16.5. The van der Waals surface area contributed by atoms with Gasteiger partial charge in [0.15, 0.2) is 0 Å². The van der Waals surface area contributed by atoms with Gasteiger partial charge in [-0.05, 0) is 46.1 Å². The van der Waals surface area contributed by atoms with E-state index in [1.165, 1.54) is 32.1 Å². The van der Waals surface area contributed by atoms with E-state index in [4.69, 9.17) is 4.74 Å². The maximum atomic E-state index is 10.1. The first kappa shape index (κ1) is 15.9. The van der Waals surface area contributed by atoms with Gasteiger partial charge in [0.05, 0.1) is 12.2 Å². The molecule has 0 aliphatic carbocycles. The normalized spacial score (nSPS) is 24.2. The fraction of sp³-hybridized carbons (Fsp3) is 1.00. The SMILES string of the molecule is CC[C@H]1CCCCCN1C[C@@H](O)CCOC(C)C. The van der Waals surface area contributed by atoms with E-state index in [2.05, 4.69) is 11.8 Å². The molecule has 1 N–H and O–H groups in total. The van der Waals surface area contributed by atoms with E-state index in [-0.39, 0.29) is 12.2 Å². The molecule has 1 fully saturated rings. The monoisotopic (exact) mass is 257 g/mol. The van der Waals surface area contributed by atoms with Crippen molar-refractivity contribution < 1.29 is 9.84 Å². The molecule has 1 aliphatic rings. The van der Waals surface area contributed by atoms with Crippen molar-refractivity contribution in [1.29, 1.82) is 0 Å². The Balaban J connectivity index is 2.28. The molecule has 0 saturated carbocycles. The number of ether oxygens (including phenoxy) is 1. The van der Waals surface area contributed by atoms with Gasteiger partial charge >= 0.3 is 0 Å². The summed E-state index contributed by atoms with van der Waals surface area (Å²) in [5.41, 5.74) is 0. The van der Waals surface area contributed by atoms with Crippen LogP contribution in [0.3, 0.4) is 0 Å². The van der Waals surface area contributed by atoms with E-state index in [0.29, 0.717) is 12.6 Å². The molecule has 2 atom stereocenters. The molecule has 3 heteroatoms. The highest BCUT2D eigenvalue weighted by Gasteiger charge is 2.21. The Morgan fingerprint density at radius 1 is 1.28 bits per heavy atom. The molecule has 0 aromatic rings. The van der Waals surface area contributed by atoms with Crippen molar-refractivity contribution in [2.75, 3.05) is 19.7 Å². The largest absolute Gasteiger partial charge is 0.392 e. The minimum absolute atomic E-state index is 0.240. The number of hydrogen-bond acceptors (Lipinski definition) is 3. The summed E-state index contributed by atoms with van der Waals surface area (Å²) < 4.78 is 5.50. The zero-order valence-electron chi connectivity index (χ0n) is 12.4. The standard InChI is InChI=1S/C15H31NO2/c1-4-14-8-6-5-7-10-16(14)12-15(17)9-11-18-13(2)3/h13-15,17H,4-12H2,1-3H3/t14-,15-/m0/s1. The van der Waals surface area contributed by atoms with E-state index < -0.39 is 0 Å². The first-order chi connectivity index (χ1) is 8.63. The number of nitrogens with zero attached hydrogens (tertiary/aromatic N) is 1. The van der Waals surface area contributed by atoms with Crippen molar-refractivity contribution in [2.45, 2.75) is 77.5 Å². The lowest BCUT2D eigenvalue weighted by Gasteiger charge is -2.31. The Bertz CT molecular complexity index is 209. The van der Waals surface area contributed by atoms with Gasteiger partial charge in [-0.3, -0.25) is 4.90 Å². The van der Waals surface area contributed by atoms with Gasteiger partial charge < -0.3 is 9.84 Å². The highest BCUT2D eigenvalue weighted by molar-refractivity contribution is 4.76. The molecule has 0 aromatic heterocycles. The predicted octanol–water partition coefficient (Wildman–Crippen LogP) is 2.82. The molecule has 1 saturated heterocycles. The van der Waals surface area contributed by atoms with E-state index in [0.717, 1.165) is 19.5 Å². The Kier molecular flexibility index (Phi) is 7.87. The fourth-order valence-electron chi connectivity index (χ4n) is 2.74. The molecule has 18 heavy (non-hydrogen) atoms. The minimum Gasteiger partial charge on any atom is -0.392 e. The lowest BCUT2D eigenvalue weighted by Crippen LogP contribution is -2.40. The van der Waals surface area contributed by atoms with Gasteiger partial charge in [-0.2, -0.15) is 0 Å². The molecule has 0 amide bonds. The van der Waals surface area contributed by atoms with E-state index in [9.17, 15) is 5.11 Å². The summed E-state index contributed by atoms with van der Waals surface area (Å²) in [6.07, 6.45) is 7.26. The smallest absolute Gasteiger partial charge is 0.0689 e. The van der Waals surface area contributed by atoms with Crippen LogP contribution < -0.4 is 0 Å². The van der Waals surface area contributed by atoms with Crippen LogP contribution in [0.15, 0.2) is 0 Å². The third kappa shape index (κ3) is 6.17. The maximum Gasteiger partial charge on any atom is 0.0689 e. The Morgan fingerprint density at radius 3 is 2.72 bits per heavy atom. The molecule has 0 spiro atoms. The first-order valence-corrected chi connectivity index (χ1v) is 7.67. The van der Waals surface area contributed by atoms with Crippen molar-refractivity contribution in [3.63, 3.8) is 0 Å². The molecular formula is C15H31NO2. The molecule has 0 aromatic carbocycles. The average molecular weight is 257 g/mol. The van der Waals surface area contributed by atoms with E-state index >= 15 is 0 Å². The van der Waals surface area contributed by atoms with Crippen LogP contribution in [0.2, 0.25) is 0 Å². The number of aliphatic hydroxyl groups excluding tert-OH is 1. The number of rotatable bonds is 7. The van der Waals surface area contributed by atoms with Crippen molar-refractivity contribution in [3.8, 4) is 0 Å². The summed E-state index contributed by atoms with van der Waals surface area (Å²) in [5, 5.41) is 10.1. The van der Waals surface area contributed by atoms with Gasteiger partial charge in [0.1, 0.15) is 0 Å². The van der Waals surface area contributed by atoms with Crippen LogP contribution in [0.25, 0.3) is 0 Å². The van der Waals surface area contributed by atoms with Crippen molar-refractivity contribution in [1.82, 2.24) is 4.90 Å². The highest BCUT2D eigenvalue weighted by Crippen LogP contribution is 2.19. The first-order valence-electron chi connectivity index (χ1n) is 7.67. The van der Waals surface area contributed by atoms with Crippen molar-refractivity contribution in [3.05, 3.63) is 0 Å². The van der Waals surface area contributed by atoms with Gasteiger partial charge in [-0.1, -0.05) is 19.8 Å². The topological polar surface area (TPSA) is 32.7 Å². The third-order valence-electron chi connectivity index (χ3n) is 3.82. The van der Waals surface area contributed by atoms with Crippen LogP contribution in [-0.4, -0.2) is 48.0 Å². The average Bonchev–Trinajstić information content (AvgIpc) is 2.53. The zero-order valence-corrected chi connectivity index (χ0v) is 12.4. The second-order valence-electron chi connectivity index (χ2n) is 5.77. The maximum absolute atomic E-state index is 10.1. The fourth-order valence-corrected chi connectivity index (χ4v) is 2.74. The van der Waals surface area contributed by atoms with Gasteiger partial charge in [0.25, 0.3) is 0 Å². The van der Waals surface area contributed by atoms with Gasteiger partial charge in [-0.15, -0.1) is 0 Å². The van der Waals surface area contributed by atoms with E-state index in [1.54, 1.807) is 0 Å². The number of likely N-dealkylation sites (tertiary alicyclic amines) is 1. The Morgan fingerprint density at radius 2 is 2.06 bits per heavy atom. The molecule has 3 nitrogen and oxygen atoms in total. The van der Waals surface area contributed by atoms with Crippen molar-refractivity contribution in [2.24, 2.45) is 0 Å². The predicted molar refractivity (Wildman–Crippen MR) is 75.8 cm³/mol. The summed E-state index contributed by atoms with van der Waals surface area (Å²) in [4.78, 5) is 2.49. The second kappa shape index (κ2) is 8.89. The second-order valence-corrected chi connectivity index (χ2v) is 5.77.